The second-order valence-corrected chi connectivity index (χ2v) is 8.94. The van der Waals surface area contributed by atoms with Crippen LogP contribution in [0.5, 0.6) is 0 Å². The van der Waals surface area contributed by atoms with Crippen LogP contribution in [0.3, 0.4) is 0 Å². The molecule has 0 spiro atoms. The minimum atomic E-state index is -4.48. The molecule has 0 radical (unpaired) electrons. The van der Waals surface area contributed by atoms with Crippen LogP contribution in [0.2, 0.25) is 0 Å². The summed E-state index contributed by atoms with van der Waals surface area (Å²) in [5.74, 6) is -1.18. The number of hydrogen-bond acceptors (Lipinski definition) is 4. The van der Waals surface area contributed by atoms with E-state index in [9.17, 15) is 26.4 Å². The topological polar surface area (TPSA) is 60.4 Å². The molecular formula is C22H25F3O4S. The molecule has 1 atom stereocenters. The monoisotopic (exact) mass is 442 g/mol. The largest absolute Gasteiger partial charge is 0.466 e. The van der Waals surface area contributed by atoms with Crippen molar-refractivity contribution in [2.45, 2.75) is 50.6 Å². The maximum atomic E-state index is 12.9. The lowest BCUT2D eigenvalue weighted by atomic mass is 9.94. The summed E-state index contributed by atoms with van der Waals surface area (Å²) < 4.78 is 69.5. The molecule has 0 amide bonds. The van der Waals surface area contributed by atoms with Gasteiger partial charge in [0.15, 0.2) is 9.84 Å². The van der Waals surface area contributed by atoms with Crippen molar-refractivity contribution in [3.05, 3.63) is 53.6 Å². The normalized spacial score (nSPS) is 13.1. The summed E-state index contributed by atoms with van der Waals surface area (Å²) in [6.45, 7) is 5.42. The summed E-state index contributed by atoms with van der Waals surface area (Å²) in [6.07, 6.45) is -3.67. The standard InChI is InChI=1S/C22H25F3O4S/c1-4-13-30(27,28)20-14-16(18(5-2)21(26)29-6-3)9-12-19(20)15-7-10-17(11-8-15)22(23,24)25/h7-12,14,18H,4-6,13H2,1-3H3. The van der Waals surface area contributed by atoms with Crippen molar-refractivity contribution in [1.29, 1.82) is 0 Å². The number of carbonyl (C=O) groups is 1. The molecule has 30 heavy (non-hydrogen) atoms. The number of hydrogen-bond donors (Lipinski definition) is 0. The van der Waals surface area contributed by atoms with Crippen LogP contribution in [0.1, 0.15) is 50.7 Å². The van der Waals surface area contributed by atoms with Gasteiger partial charge in [0, 0.05) is 5.56 Å². The van der Waals surface area contributed by atoms with Gasteiger partial charge >= 0.3 is 12.1 Å². The predicted molar refractivity (Wildman–Crippen MR) is 109 cm³/mol. The molecule has 0 aliphatic carbocycles. The van der Waals surface area contributed by atoms with Crippen molar-refractivity contribution in [2.24, 2.45) is 0 Å². The first-order valence-corrected chi connectivity index (χ1v) is 11.4. The van der Waals surface area contributed by atoms with Gasteiger partial charge in [0.1, 0.15) is 0 Å². The minimum absolute atomic E-state index is 0.00403. The number of halogens is 3. The van der Waals surface area contributed by atoms with E-state index in [0.29, 0.717) is 29.5 Å². The van der Waals surface area contributed by atoms with Crippen LogP contribution in [0.4, 0.5) is 13.2 Å². The number of alkyl halides is 3. The summed E-state index contributed by atoms with van der Waals surface area (Å²) in [6, 6.07) is 8.98. The van der Waals surface area contributed by atoms with Gasteiger partial charge < -0.3 is 4.74 Å². The number of carbonyl (C=O) groups excluding carboxylic acids is 1. The molecule has 1 unspecified atom stereocenters. The molecule has 0 bridgehead atoms. The molecule has 8 heteroatoms. The van der Waals surface area contributed by atoms with E-state index in [0.717, 1.165) is 12.1 Å². The molecule has 2 aromatic rings. The Morgan fingerprint density at radius 1 is 1.03 bits per heavy atom. The van der Waals surface area contributed by atoms with Gasteiger partial charge in [-0.2, -0.15) is 13.2 Å². The second-order valence-electron chi connectivity index (χ2n) is 6.86. The first kappa shape index (κ1) is 23.9. The molecule has 0 aliphatic rings. The Morgan fingerprint density at radius 2 is 1.67 bits per heavy atom. The van der Waals surface area contributed by atoms with Gasteiger partial charge in [-0.3, -0.25) is 4.79 Å². The Labute approximate surface area is 175 Å². The summed E-state index contributed by atoms with van der Waals surface area (Å²) in [5, 5.41) is 0. The van der Waals surface area contributed by atoms with Crippen LogP contribution in [-0.2, 0) is 25.5 Å². The van der Waals surface area contributed by atoms with Gasteiger partial charge in [0.2, 0.25) is 0 Å². The fourth-order valence-corrected chi connectivity index (χ4v) is 4.84. The van der Waals surface area contributed by atoms with Gasteiger partial charge in [0.25, 0.3) is 0 Å². The van der Waals surface area contributed by atoms with Crippen LogP contribution in [0.15, 0.2) is 47.4 Å². The van der Waals surface area contributed by atoms with Crippen molar-refractivity contribution in [3.63, 3.8) is 0 Å². The number of rotatable bonds is 8. The van der Waals surface area contributed by atoms with Crippen molar-refractivity contribution in [1.82, 2.24) is 0 Å². The van der Waals surface area contributed by atoms with E-state index in [1.807, 2.05) is 0 Å². The van der Waals surface area contributed by atoms with Gasteiger partial charge in [-0.1, -0.05) is 38.1 Å². The van der Waals surface area contributed by atoms with Crippen molar-refractivity contribution >= 4 is 15.8 Å². The molecule has 0 heterocycles. The summed E-state index contributed by atoms with van der Waals surface area (Å²) in [7, 11) is -3.70. The Hall–Kier alpha value is -2.35. The maximum absolute atomic E-state index is 12.9. The zero-order valence-corrected chi connectivity index (χ0v) is 17.9. The van der Waals surface area contributed by atoms with E-state index < -0.39 is 33.5 Å². The van der Waals surface area contributed by atoms with Crippen LogP contribution < -0.4 is 0 Å². The molecular weight excluding hydrogens is 417 g/mol. The van der Waals surface area contributed by atoms with Crippen LogP contribution in [0, 0.1) is 0 Å². The molecule has 2 aromatic carbocycles. The molecule has 0 aliphatic heterocycles. The van der Waals surface area contributed by atoms with Gasteiger partial charge in [-0.25, -0.2) is 8.42 Å². The number of sulfone groups is 1. The van der Waals surface area contributed by atoms with Gasteiger partial charge in [-0.05, 0) is 49.1 Å². The highest BCUT2D eigenvalue weighted by atomic mass is 32.2. The Balaban J connectivity index is 2.62. The fraction of sp³-hybridized carbons (Fsp3) is 0.409. The van der Waals surface area contributed by atoms with Crippen molar-refractivity contribution in [2.75, 3.05) is 12.4 Å². The first-order chi connectivity index (χ1) is 14.0. The van der Waals surface area contributed by atoms with Gasteiger partial charge in [-0.15, -0.1) is 0 Å². The molecule has 0 saturated heterocycles. The van der Waals surface area contributed by atoms with E-state index in [4.69, 9.17) is 4.74 Å². The van der Waals surface area contributed by atoms with Crippen LogP contribution >= 0.6 is 0 Å². The van der Waals surface area contributed by atoms with E-state index >= 15 is 0 Å². The average Bonchev–Trinajstić information content (AvgIpc) is 2.68. The van der Waals surface area contributed by atoms with Crippen molar-refractivity contribution < 1.29 is 31.1 Å². The van der Waals surface area contributed by atoms with E-state index in [1.165, 1.54) is 18.2 Å². The van der Waals surface area contributed by atoms with Gasteiger partial charge in [0.05, 0.1) is 28.7 Å². The SMILES string of the molecule is CCCS(=O)(=O)c1cc(C(CC)C(=O)OCC)ccc1-c1ccc(C(F)(F)F)cc1. The number of esters is 1. The summed E-state index contributed by atoms with van der Waals surface area (Å²) in [5.41, 5.74) is 0.350. The molecule has 0 fully saturated rings. The average molecular weight is 442 g/mol. The highest BCUT2D eigenvalue weighted by Gasteiger charge is 2.30. The third kappa shape index (κ3) is 5.41. The Kier molecular flexibility index (Phi) is 7.69. The quantitative estimate of drug-likeness (QED) is 0.499. The maximum Gasteiger partial charge on any atom is 0.416 e. The number of benzene rings is 2. The molecule has 0 aromatic heterocycles. The zero-order valence-electron chi connectivity index (χ0n) is 17.1. The molecule has 0 saturated carbocycles. The molecule has 4 nitrogen and oxygen atoms in total. The highest BCUT2D eigenvalue weighted by molar-refractivity contribution is 7.91. The lowest BCUT2D eigenvalue weighted by molar-refractivity contribution is -0.145. The fourth-order valence-electron chi connectivity index (χ4n) is 3.25. The predicted octanol–water partition coefficient (Wildman–Crippen LogP) is 5.61. The summed E-state index contributed by atoms with van der Waals surface area (Å²) >= 11 is 0. The minimum Gasteiger partial charge on any atom is -0.466 e. The molecule has 0 N–H and O–H groups in total. The Morgan fingerprint density at radius 3 is 2.17 bits per heavy atom. The third-order valence-corrected chi connectivity index (χ3v) is 6.67. The molecule has 164 valence electrons. The number of ether oxygens (including phenoxy) is 1. The molecule has 2 rings (SSSR count). The summed E-state index contributed by atoms with van der Waals surface area (Å²) in [4.78, 5) is 12.3. The van der Waals surface area contributed by atoms with E-state index in [2.05, 4.69) is 0 Å². The second kappa shape index (κ2) is 9.64. The smallest absolute Gasteiger partial charge is 0.416 e. The lowest BCUT2D eigenvalue weighted by Crippen LogP contribution is -2.16. The zero-order chi connectivity index (χ0) is 22.5. The first-order valence-electron chi connectivity index (χ1n) is 9.76. The van der Waals surface area contributed by atoms with E-state index in [-0.39, 0.29) is 17.3 Å². The van der Waals surface area contributed by atoms with Crippen molar-refractivity contribution in [3.8, 4) is 11.1 Å². The van der Waals surface area contributed by atoms with Crippen LogP contribution in [0.25, 0.3) is 11.1 Å². The lowest BCUT2D eigenvalue weighted by Gasteiger charge is -2.18. The van der Waals surface area contributed by atoms with Crippen LogP contribution in [-0.4, -0.2) is 26.7 Å². The highest BCUT2D eigenvalue weighted by Crippen LogP contribution is 2.35. The Bertz CT molecular complexity index is 980. The third-order valence-electron chi connectivity index (χ3n) is 4.72. The van der Waals surface area contributed by atoms with E-state index in [1.54, 1.807) is 32.9 Å².